The van der Waals surface area contributed by atoms with Crippen LogP contribution in [0.25, 0.3) is 0 Å². The van der Waals surface area contributed by atoms with Gasteiger partial charge >= 0.3 is 0 Å². The van der Waals surface area contributed by atoms with Crippen molar-refractivity contribution in [1.82, 2.24) is 10.6 Å². The Morgan fingerprint density at radius 1 is 1.62 bits per heavy atom. The van der Waals surface area contributed by atoms with Gasteiger partial charge in [-0.15, -0.1) is 0 Å². The summed E-state index contributed by atoms with van der Waals surface area (Å²) in [4.78, 5) is 11.0. The first-order valence-corrected chi connectivity index (χ1v) is 4.91. The molecule has 0 aromatic heterocycles. The van der Waals surface area contributed by atoms with Gasteiger partial charge in [-0.3, -0.25) is 4.79 Å². The van der Waals surface area contributed by atoms with Gasteiger partial charge < -0.3 is 15.7 Å². The third kappa shape index (κ3) is 4.24. The predicted octanol–water partition coefficient (Wildman–Crippen LogP) is -0.515. The maximum atomic E-state index is 11.0. The van der Waals surface area contributed by atoms with E-state index in [2.05, 4.69) is 10.6 Å². The highest BCUT2D eigenvalue weighted by Gasteiger charge is 2.13. The molecule has 0 aromatic carbocycles. The minimum Gasteiger partial charge on any atom is -0.396 e. The van der Waals surface area contributed by atoms with Crippen LogP contribution in [-0.4, -0.2) is 37.3 Å². The van der Waals surface area contributed by atoms with E-state index in [0.29, 0.717) is 5.92 Å². The second-order valence-electron chi connectivity index (χ2n) is 3.49. The Balaban J connectivity index is 2.06. The topological polar surface area (TPSA) is 61.4 Å². The van der Waals surface area contributed by atoms with E-state index in [9.17, 15) is 4.79 Å². The molecule has 1 unspecified atom stereocenters. The van der Waals surface area contributed by atoms with Crippen molar-refractivity contribution < 1.29 is 9.90 Å². The summed E-state index contributed by atoms with van der Waals surface area (Å²) in [6.45, 7) is 2.78. The van der Waals surface area contributed by atoms with Crippen LogP contribution in [0.1, 0.15) is 19.3 Å². The van der Waals surface area contributed by atoms with Gasteiger partial charge in [-0.1, -0.05) is 0 Å². The zero-order valence-corrected chi connectivity index (χ0v) is 7.88. The van der Waals surface area contributed by atoms with Crippen molar-refractivity contribution in [1.29, 1.82) is 0 Å². The first kappa shape index (κ1) is 10.5. The normalized spacial score (nSPS) is 22.7. The number of carbonyl (C=O) groups excluding carboxylic acids is 1. The molecule has 4 nitrogen and oxygen atoms in total. The van der Waals surface area contributed by atoms with Gasteiger partial charge in [0.1, 0.15) is 0 Å². The summed E-state index contributed by atoms with van der Waals surface area (Å²) >= 11 is 0. The largest absolute Gasteiger partial charge is 0.396 e. The third-order valence-corrected chi connectivity index (χ3v) is 2.33. The van der Waals surface area contributed by atoms with Crippen LogP contribution >= 0.6 is 0 Å². The highest BCUT2D eigenvalue weighted by atomic mass is 16.3. The van der Waals surface area contributed by atoms with Crippen molar-refractivity contribution in [2.24, 2.45) is 5.92 Å². The van der Waals surface area contributed by atoms with Crippen LogP contribution < -0.4 is 10.6 Å². The second kappa shape index (κ2) is 5.94. The Morgan fingerprint density at radius 2 is 2.46 bits per heavy atom. The van der Waals surface area contributed by atoms with Crippen molar-refractivity contribution in [3.05, 3.63) is 0 Å². The zero-order valence-electron chi connectivity index (χ0n) is 7.88. The van der Waals surface area contributed by atoms with Crippen molar-refractivity contribution in [2.45, 2.75) is 19.3 Å². The molecule has 4 heteroatoms. The molecule has 76 valence electrons. The predicted molar refractivity (Wildman–Crippen MR) is 50.3 cm³/mol. The number of carbonyl (C=O) groups is 1. The summed E-state index contributed by atoms with van der Waals surface area (Å²) in [5.41, 5.74) is 0. The molecule has 0 saturated carbocycles. The zero-order chi connectivity index (χ0) is 9.52. The van der Waals surface area contributed by atoms with E-state index >= 15 is 0 Å². The molecule has 0 aliphatic carbocycles. The molecule has 1 atom stereocenters. The Hall–Kier alpha value is -0.610. The number of hydrogen-bond acceptors (Lipinski definition) is 3. The Labute approximate surface area is 78.7 Å². The summed E-state index contributed by atoms with van der Waals surface area (Å²) in [7, 11) is 0. The van der Waals surface area contributed by atoms with Crippen molar-refractivity contribution in [3.63, 3.8) is 0 Å². The lowest BCUT2D eigenvalue weighted by Crippen LogP contribution is -2.38. The van der Waals surface area contributed by atoms with Crippen LogP contribution in [0, 0.1) is 5.92 Å². The molecule has 0 radical (unpaired) electrons. The van der Waals surface area contributed by atoms with Gasteiger partial charge in [-0.2, -0.15) is 0 Å². The summed E-state index contributed by atoms with van der Waals surface area (Å²) in [5, 5.41) is 14.6. The van der Waals surface area contributed by atoms with E-state index in [1.165, 1.54) is 12.8 Å². The number of hydrogen-bond donors (Lipinski definition) is 3. The number of rotatable bonds is 4. The Bertz CT molecular complexity index is 156. The van der Waals surface area contributed by atoms with Crippen LogP contribution in [0.3, 0.4) is 0 Å². The summed E-state index contributed by atoms with van der Waals surface area (Å²) in [6.07, 6.45) is 2.60. The molecule has 3 N–H and O–H groups in total. The molecular formula is C9H18N2O2. The lowest BCUT2D eigenvalue weighted by molar-refractivity contribution is -0.121. The monoisotopic (exact) mass is 186 g/mol. The molecule has 1 aliphatic heterocycles. The molecule has 1 fully saturated rings. The average Bonchev–Trinajstić information content (AvgIpc) is 2.17. The van der Waals surface area contributed by atoms with Gasteiger partial charge in [0, 0.05) is 13.0 Å². The SMILES string of the molecule is O=C(CCO)NCC1CCCNC1. The fourth-order valence-electron chi connectivity index (χ4n) is 1.55. The summed E-state index contributed by atoms with van der Waals surface area (Å²) in [5.74, 6) is 0.518. The highest BCUT2D eigenvalue weighted by molar-refractivity contribution is 5.75. The molecule has 1 rings (SSSR count). The number of aliphatic hydroxyl groups excluding tert-OH is 1. The molecular weight excluding hydrogens is 168 g/mol. The molecule has 0 spiro atoms. The molecule has 13 heavy (non-hydrogen) atoms. The average molecular weight is 186 g/mol. The van der Waals surface area contributed by atoms with E-state index in [1.807, 2.05) is 0 Å². The van der Waals surface area contributed by atoms with E-state index in [-0.39, 0.29) is 18.9 Å². The molecule has 0 aromatic rings. The fraction of sp³-hybridized carbons (Fsp3) is 0.889. The first-order valence-electron chi connectivity index (χ1n) is 4.91. The molecule has 1 aliphatic rings. The first-order chi connectivity index (χ1) is 6.33. The number of nitrogens with one attached hydrogen (secondary N) is 2. The highest BCUT2D eigenvalue weighted by Crippen LogP contribution is 2.07. The molecule has 0 bridgehead atoms. The molecule has 1 heterocycles. The van der Waals surface area contributed by atoms with E-state index in [1.54, 1.807) is 0 Å². The van der Waals surface area contributed by atoms with Gasteiger partial charge in [0.05, 0.1) is 6.61 Å². The van der Waals surface area contributed by atoms with Gasteiger partial charge in [-0.05, 0) is 31.8 Å². The maximum absolute atomic E-state index is 11.0. The second-order valence-corrected chi connectivity index (χ2v) is 3.49. The third-order valence-electron chi connectivity index (χ3n) is 2.33. The number of piperidine rings is 1. The number of amides is 1. The summed E-state index contributed by atoms with van der Waals surface area (Å²) < 4.78 is 0. The lowest BCUT2D eigenvalue weighted by atomic mass is 10.00. The van der Waals surface area contributed by atoms with Gasteiger partial charge in [0.25, 0.3) is 0 Å². The van der Waals surface area contributed by atoms with Crippen LogP contribution in [0.5, 0.6) is 0 Å². The lowest BCUT2D eigenvalue weighted by Gasteiger charge is -2.22. The van der Waals surface area contributed by atoms with Crippen LogP contribution in [0.15, 0.2) is 0 Å². The smallest absolute Gasteiger partial charge is 0.222 e. The van der Waals surface area contributed by atoms with E-state index in [0.717, 1.165) is 19.6 Å². The van der Waals surface area contributed by atoms with Crippen molar-refractivity contribution in [2.75, 3.05) is 26.2 Å². The standard InChI is InChI=1S/C9H18N2O2/c12-5-3-9(13)11-7-8-2-1-4-10-6-8/h8,10,12H,1-7H2,(H,11,13). The Morgan fingerprint density at radius 3 is 3.08 bits per heavy atom. The maximum Gasteiger partial charge on any atom is 0.222 e. The minimum absolute atomic E-state index is 0.0481. The molecule has 1 amide bonds. The number of aliphatic hydroxyl groups is 1. The van der Waals surface area contributed by atoms with Gasteiger partial charge in [-0.25, -0.2) is 0 Å². The van der Waals surface area contributed by atoms with Crippen LogP contribution in [0.4, 0.5) is 0 Å². The summed E-state index contributed by atoms with van der Waals surface area (Å²) in [6, 6.07) is 0. The van der Waals surface area contributed by atoms with Crippen LogP contribution in [-0.2, 0) is 4.79 Å². The van der Waals surface area contributed by atoms with Crippen molar-refractivity contribution in [3.8, 4) is 0 Å². The Kier molecular flexibility index (Phi) is 4.78. The van der Waals surface area contributed by atoms with Crippen molar-refractivity contribution >= 4 is 5.91 Å². The quantitative estimate of drug-likeness (QED) is 0.554. The van der Waals surface area contributed by atoms with Gasteiger partial charge in [0.15, 0.2) is 0 Å². The minimum atomic E-state index is -0.0608. The van der Waals surface area contributed by atoms with Crippen LogP contribution in [0.2, 0.25) is 0 Å². The van der Waals surface area contributed by atoms with Gasteiger partial charge in [0.2, 0.25) is 5.91 Å². The van der Waals surface area contributed by atoms with E-state index < -0.39 is 0 Å². The molecule has 1 saturated heterocycles. The fourth-order valence-corrected chi connectivity index (χ4v) is 1.55. The van der Waals surface area contributed by atoms with E-state index in [4.69, 9.17) is 5.11 Å².